The predicted octanol–water partition coefficient (Wildman–Crippen LogP) is 4.63. The number of hydrogen-bond donors (Lipinski definition) is 1. The second-order valence-electron chi connectivity index (χ2n) is 10.8. The van der Waals surface area contributed by atoms with Crippen LogP contribution in [0.4, 0.5) is 0 Å². The van der Waals surface area contributed by atoms with Crippen molar-refractivity contribution in [2.45, 2.75) is 70.3 Å². The number of amides is 1. The van der Waals surface area contributed by atoms with Gasteiger partial charge in [0.1, 0.15) is 18.0 Å². The molecule has 1 amide bonds. The van der Waals surface area contributed by atoms with Crippen LogP contribution < -0.4 is 34.0 Å². The van der Waals surface area contributed by atoms with Crippen LogP contribution in [-0.2, 0) is 4.79 Å². The molecular weight excluding hydrogens is 618 g/mol. The van der Waals surface area contributed by atoms with E-state index in [0.29, 0.717) is 21.5 Å². The molecule has 1 fully saturated rings. The summed E-state index contributed by atoms with van der Waals surface area (Å²) in [5.41, 5.74) is 3.24. The molecule has 2 aromatic carbocycles. The molecule has 1 aliphatic carbocycles. The van der Waals surface area contributed by atoms with Gasteiger partial charge in [-0.3, -0.25) is 4.79 Å². The molecule has 7 heteroatoms. The van der Waals surface area contributed by atoms with Gasteiger partial charge in [-0.2, -0.15) is 0 Å². The summed E-state index contributed by atoms with van der Waals surface area (Å²) in [6.07, 6.45) is 12.4. The molecular formula is C30H37Cl2IN2O2. The summed E-state index contributed by atoms with van der Waals surface area (Å²) in [6.45, 7) is 6.87. The first kappa shape index (κ1) is 28.7. The molecule has 3 aliphatic rings. The van der Waals surface area contributed by atoms with Gasteiger partial charge in [0.2, 0.25) is 5.91 Å². The van der Waals surface area contributed by atoms with Crippen molar-refractivity contribution in [1.29, 1.82) is 0 Å². The molecule has 0 spiro atoms. The number of likely N-dealkylation sites (tertiary alicyclic amines) is 1. The Morgan fingerprint density at radius 2 is 1.59 bits per heavy atom. The van der Waals surface area contributed by atoms with Crippen LogP contribution in [0.2, 0.25) is 10.0 Å². The number of carbonyl (C=O) groups is 1. The van der Waals surface area contributed by atoms with Gasteiger partial charge >= 0.3 is 0 Å². The molecule has 200 valence electrons. The number of nitrogens with zero attached hydrogens (tertiary/aromatic N) is 1. The van der Waals surface area contributed by atoms with Crippen molar-refractivity contribution in [2.24, 2.45) is 0 Å². The van der Waals surface area contributed by atoms with E-state index in [1.54, 1.807) is 17.7 Å². The van der Waals surface area contributed by atoms with Gasteiger partial charge < -0.3 is 38.5 Å². The summed E-state index contributed by atoms with van der Waals surface area (Å²) in [5, 5.41) is 4.57. The van der Waals surface area contributed by atoms with Crippen LogP contribution in [0.3, 0.4) is 0 Å². The maximum Gasteiger partial charge on any atom is 0.232 e. The van der Waals surface area contributed by atoms with Gasteiger partial charge in [0, 0.05) is 40.1 Å². The summed E-state index contributed by atoms with van der Waals surface area (Å²) < 4.78 is 7.23. The Kier molecular flexibility index (Phi) is 9.87. The van der Waals surface area contributed by atoms with E-state index in [4.69, 9.17) is 27.9 Å². The third kappa shape index (κ3) is 6.66. The van der Waals surface area contributed by atoms with Crippen LogP contribution in [0.1, 0.15) is 75.3 Å². The fourth-order valence-electron chi connectivity index (χ4n) is 6.21. The van der Waals surface area contributed by atoms with Crippen molar-refractivity contribution < 1.29 is 38.0 Å². The molecule has 4 nitrogen and oxygen atoms in total. The van der Waals surface area contributed by atoms with E-state index in [-0.39, 0.29) is 35.9 Å². The lowest BCUT2D eigenvalue weighted by molar-refractivity contribution is -0.927. The Morgan fingerprint density at radius 1 is 0.973 bits per heavy atom. The molecule has 0 bridgehead atoms. The summed E-state index contributed by atoms with van der Waals surface area (Å²) in [6, 6.07) is 11.1. The molecule has 0 atom stereocenters. The highest BCUT2D eigenvalue weighted by molar-refractivity contribution is 6.31. The summed E-state index contributed by atoms with van der Waals surface area (Å²) >= 11 is 12.6. The highest BCUT2D eigenvalue weighted by Crippen LogP contribution is 2.46. The van der Waals surface area contributed by atoms with Gasteiger partial charge in [-0.1, -0.05) is 42.1 Å². The number of fused-ring (bicyclic) bond motifs is 2. The zero-order valence-corrected chi connectivity index (χ0v) is 25.2. The zero-order chi connectivity index (χ0) is 25.1. The number of likely N-dealkylation sites (N-methyl/N-ethyl adjacent to an activating group) is 1. The molecule has 0 radical (unpaired) electrons. The molecule has 2 aromatic rings. The van der Waals surface area contributed by atoms with E-state index < -0.39 is 5.92 Å². The monoisotopic (exact) mass is 654 g/mol. The number of halogens is 3. The Bertz CT molecular complexity index is 1090. The smallest absolute Gasteiger partial charge is 0.232 e. The SMILES string of the molecule is CC[N+]1(C/C2=C\CCCCCC2)CCC(NC(=O)C2c3cc(Cl)ccc3Oc3ccc(Cl)cc32)CC1.[I-]. The minimum atomic E-state index is -0.492. The maximum absolute atomic E-state index is 13.8. The molecule has 5 rings (SSSR count). The number of carbonyl (C=O) groups excluding carboxylic acids is 1. The van der Waals surface area contributed by atoms with Gasteiger partial charge in [0.25, 0.3) is 0 Å². The van der Waals surface area contributed by atoms with Crippen LogP contribution in [0.15, 0.2) is 48.0 Å². The fourth-order valence-corrected chi connectivity index (χ4v) is 6.57. The van der Waals surface area contributed by atoms with Gasteiger partial charge in [-0.05, 0) is 74.6 Å². The number of quaternary nitrogens is 1. The summed E-state index contributed by atoms with van der Waals surface area (Å²) in [7, 11) is 0. The van der Waals surface area contributed by atoms with Crippen molar-refractivity contribution in [3.63, 3.8) is 0 Å². The van der Waals surface area contributed by atoms with Crippen molar-refractivity contribution in [3.05, 3.63) is 69.2 Å². The van der Waals surface area contributed by atoms with Crippen LogP contribution in [0, 0.1) is 0 Å². The molecule has 0 saturated carbocycles. The minimum absolute atomic E-state index is 0. The molecule has 0 unspecified atom stereocenters. The van der Waals surface area contributed by atoms with Crippen molar-refractivity contribution in [1.82, 2.24) is 5.32 Å². The lowest BCUT2D eigenvalue weighted by atomic mass is 9.86. The number of benzene rings is 2. The van der Waals surface area contributed by atoms with Gasteiger partial charge in [0.05, 0.1) is 25.6 Å². The van der Waals surface area contributed by atoms with Crippen LogP contribution >= 0.6 is 23.2 Å². The van der Waals surface area contributed by atoms with E-state index in [0.717, 1.165) is 48.1 Å². The number of allylic oxidation sites excluding steroid dienone is 1. The molecule has 2 aliphatic heterocycles. The number of ether oxygens (including phenoxy) is 1. The molecule has 0 aromatic heterocycles. The number of hydrogen-bond acceptors (Lipinski definition) is 2. The Balaban J connectivity index is 0.00000320. The standard InChI is InChI=1S/C30H36Cl2N2O2.HI/c1-2-34(20-21-8-6-4-3-5-7-9-21)16-14-24(15-17-34)33-30(35)29-25-18-22(31)10-12-27(25)36-28-13-11-23(32)19-26(28)29;/h8,10-13,18-19,24,29H,2-7,9,14-17,20H2,1H3;1H/b21-8-;. The van der Waals surface area contributed by atoms with Crippen LogP contribution in [-0.4, -0.2) is 42.6 Å². The quantitative estimate of drug-likeness (QED) is 0.290. The second kappa shape index (κ2) is 12.7. The maximum atomic E-state index is 13.8. The lowest BCUT2D eigenvalue weighted by Gasteiger charge is -2.44. The van der Waals surface area contributed by atoms with Gasteiger partial charge in [0.15, 0.2) is 0 Å². The van der Waals surface area contributed by atoms with E-state index >= 15 is 0 Å². The number of piperidine rings is 1. The van der Waals surface area contributed by atoms with Gasteiger partial charge in [-0.25, -0.2) is 0 Å². The molecule has 37 heavy (non-hydrogen) atoms. The van der Waals surface area contributed by atoms with Crippen molar-refractivity contribution in [3.8, 4) is 11.5 Å². The number of nitrogens with one attached hydrogen (secondary N) is 1. The fraction of sp³-hybridized carbons (Fsp3) is 0.500. The van der Waals surface area contributed by atoms with Crippen LogP contribution in [0.25, 0.3) is 0 Å². The first-order valence-corrected chi connectivity index (χ1v) is 14.3. The highest BCUT2D eigenvalue weighted by atomic mass is 127. The van der Waals surface area contributed by atoms with E-state index in [9.17, 15) is 4.79 Å². The second-order valence-corrected chi connectivity index (χ2v) is 11.6. The summed E-state index contributed by atoms with van der Waals surface area (Å²) in [5.74, 6) is 0.849. The van der Waals surface area contributed by atoms with Crippen LogP contribution in [0.5, 0.6) is 11.5 Å². The first-order chi connectivity index (χ1) is 17.5. The van der Waals surface area contributed by atoms with E-state index in [2.05, 4.69) is 18.3 Å². The third-order valence-electron chi connectivity index (χ3n) is 8.39. The zero-order valence-electron chi connectivity index (χ0n) is 21.6. The van der Waals surface area contributed by atoms with E-state index in [1.165, 1.54) is 45.1 Å². The minimum Gasteiger partial charge on any atom is -1.00 e. The predicted molar refractivity (Wildman–Crippen MR) is 147 cm³/mol. The first-order valence-electron chi connectivity index (χ1n) is 13.6. The topological polar surface area (TPSA) is 38.3 Å². The van der Waals surface area contributed by atoms with Gasteiger partial charge in [-0.15, -0.1) is 0 Å². The normalized spacial score (nSPS) is 25.2. The molecule has 2 heterocycles. The lowest BCUT2D eigenvalue weighted by Crippen LogP contribution is -3.00. The number of rotatable bonds is 5. The largest absolute Gasteiger partial charge is 1.00 e. The Morgan fingerprint density at radius 3 is 2.22 bits per heavy atom. The Hall–Kier alpha value is -1.28. The highest BCUT2D eigenvalue weighted by Gasteiger charge is 2.37. The summed E-state index contributed by atoms with van der Waals surface area (Å²) in [4.78, 5) is 13.8. The third-order valence-corrected chi connectivity index (χ3v) is 8.86. The van der Waals surface area contributed by atoms with E-state index in [1.807, 2.05) is 24.3 Å². The Labute approximate surface area is 248 Å². The molecule has 1 saturated heterocycles. The van der Waals surface area contributed by atoms with Crippen molar-refractivity contribution in [2.75, 3.05) is 26.2 Å². The molecule has 1 N–H and O–H groups in total. The van der Waals surface area contributed by atoms with Crippen molar-refractivity contribution >= 4 is 29.1 Å². The average Bonchev–Trinajstić information content (AvgIpc) is 2.85. The average molecular weight is 655 g/mol.